The predicted octanol–water partition coefficient (Wildman–Crippen LogP) is 0.983. The van der Waals surface area contributed by atoms with Crippen molar-refractivity contribution in [3.8, 4) is 0 Å². The number of halogens is 4. The third-order valence-electron chi connectivity index (χ3n) is 2.61. The summed E-state index contributed by atoms with van der Waals surface area (Å²) in [6.07, 6.45) is -4.19. The van der Waals surface area contributed by atoms with Gasteiger partial charge >= 0.3 is 12.3 Å². The Morgan fingerprint density at radius 1 is 1.24 bits per heavy atom. The summed E-state index contributed by atoms with van der Waals surface area (Å²) in [7, 11) is 0. The molecule has 0 unspecified atom stereocenters. The van der Waals surface area contributed by atoms with Crippen molar-refractivity contribution >= 4 is 17.5 Å². The summed E-state index contributed by atoms with van der Waals surface area (Å²) >= 11 is 0. The van der Waals surface area contributed by atoms with Gasteiger partial charge in [0.05, 0.1) is 6.54 Å². The van der Waals surface area contributed by atoms with Crippen LogP contribution in [-0.4, -0.2) is 35.6 Å². The topological polar surface area (TPSA) is 89.4 Å². The van der Waals surface area contributed by atoms with Crippen molar-refractivity contribution < 1.29 is 27.2 Å². The highest BCUT2D eigenvalue weighted by Gasteiger charge is 2.51. The highest BCUT2D eigenvalue weighted by Crippen LogP contribution is 2.26. The second kappa shape index (κ2) is 6.42. The van der Waals surface area contributed by atoms with Gasteiger partial charge in [0.1, 0.15) is 0 Å². The van der Waals surface area contributed by atoms with Gasteiger partial charge in [0.15, 0.2) is 0 Å². The highest BCUT2D eigenvalue weighted by atomic mass is 19.3. The first-order valence-electron chi connectivity index (χ1n) is 5.73. The van der Waals surface area contributed by atoms with Crippen molar-refractivity contribution in [3.63, 3.8) is 0 Å². The molecular weight excluding hydrogens is 294 g/mol. The Labute approximate surface area is 117 Å². The first-order chi connectivity index (χ1) is 9.66. The lowest BCUT2D eigenvalue weighted by molar-refractivity contribution is -0.181. The number of carbonyl (C=O) groups excluding carboxylic acids is 2. The van der Waals surface area contributed by atoms with Crippen LogP contribution in [-0.2, 0) is 16.1 Å². The molecule has 0 bridgehead atoms. The molecule has 9 heteroatoms. The van der Waals surface area contributed by atoms with Gasteiger partial charge in [-0.1, -0.05) is 18.2 Å². The Hall–Kier alpha value is -2.32. The molecular formula is C12H13F4N3O2. The van der Waals surface area contributed by atoms with E-state index in [-0.39, 0.29) is 16.2 Å². The fourth-order valence-corrected chi connectivity index (χ4v) is 1.58. The van der Waals surface area contributed by atoms with Crippen molar-refractivity contribution in [2.24, 2.45) is 5.73 Å². The lowest BCUT2D eigenvalue weighted by Crippen LogP contribution is -2.49. The number of primary amides is 1. The second-order valence-electron chi connectivity index (χ2n) is 4.25. The summed E-state index contributed by atoms with van der Waals surface area (Å²) < 4.78 is 50.7. The Kier molecular flexibility index (Phi) is 5.12. The lowest BCUT2D eigenvalue weighted by Gasteiger charge is -2.26. The highest BCUT2D eigenvalue weighted by molar-refractivity contribution is 5.88. The van der Waals surface area contributed by atoms with Gasteiger partial charge in [-0.25, -0.2) is 8.78 Å². The summed E-state index contributed by atoms with van der Waals surface area (Å²) in [4.78, 5) is 22.6. The number of nitrogens with two attached hydrogens (primary N) is 2. The molecule has 5 nitrogen and oxygen atoms in total. The van der Waals surface area contributed by atoms with Gasteiger partial charge in [-0.15, -0.1) is 0 Å². The van der Waals surface area contributed by atoms with Gasteiger partial charge in [0, 0.05) is 12.2 Å². The quantitative estimate of drug-likeness (QED) is 0.606. The molecule has 0 aliphatic carbocycles. The van der Waals surface area contributed by atoms with Crippen molar-refractivity contribution in [1.82, 2.24) is 4.90 Å². The molecule has 0 radical (unpaired) electrons. The number of alkyl halides is 4. The fraction of sp³-hybridized carbons (Fsp3) is 0.333. The zero-order valence-corrected chi connectivity index (χ0v) is 10.7. The number of nitrogens with zero attached hydrogens (tertiary/aromatic N) is 1. The van der Waals surface area contributed by atoms with Crippen LogP contribution in [0.15, 0.2) is 24.3 Å². The van der Waals surface area contributed by atoms with Crippen molar-refractivity contribution in [2.75, 3.05) is 12.3 Å². The number of rotatable bonds is 6. The number of amides is 2. The first kappa shape index (κ1) is 16.7. The molecule has 1 aromatic rings. The van der Waals surface area contributed by atoms with Crippen molar-refractivity contribution in [3.05, 3.63) is 29.8 Å². The number of carbonyl (C=O) groups is 2. The number of hydrogen-bond acceptors (Lipinski definition) is 3. The van der Waals surface area contributed by atoms with E-state index < -0.39 is 37.3 Å². The molecule has 1 aromatic carbocycles. The van der Waals surface area contributed by atoms with E-state index in [1.54, 1.807) is 6.07 Å². The van der Waals surface area contributed by atoms with E-state index in [0.717, 1.165) is 0 Å². The number of nitrogen functional groups attached to an aromatic ring is 1. The van der Waals surface area contributed by atoms with Crippen molar-refractivity contribution in [1.29, 1.82) is 0 Å². The molecule has 0 aliphatic rings. The molecule has 116 valence electrons. The van der Waals surface area contributed by atoms with Crippen LogP contribution >= 0.6 is 0 Å². The van der Waals surface area contributed by atoms with Crippen LogP contribution < -0.4 is 11.5 Å². The standard InChI is InChI=1S/C12H13F4N3O2/c13-10(14)12(15,16)11(21)19(6-9(18)20)5-7-3-1-2-4-8(7)17/h1-4,10H,5-6,17H2,(H2,18,20). The van der Waals surface area contributed by atoms with Crippen LogP contribution in [0.25, 0.3) is 0 Å². The summed E-state index contributed by atoms with van der Waals surface area (Å²) in [6.45, 7) is -1.45. The van der Waals surface area contributed by atoms with Gasteiger partial charge in [-0.05, 0) is 11.6 Å². The minimum absolute atomic E-state index is 0.167. The molecule has 0 heterocycles. The van der Waals surface area contributed by atoms with E-state index in [2.05, 4.69) is 0 Å². The fourth-order valence-electron chi connectivity index (χ4n) is 1.58. The Balaban J connectivity index is 3.04. The van der Waals surface area contributed by atoms with Gasteiger partial charge < -0.3 is 16.4 Å². The van der Waals surface area contributed by atoms with Crippen molar-refractivity contribution in [2.45, 2.75) is 18.9 Å². The normalized spacial score (nSPS) is 11.5. The average Bonchev–Trinajstić information content (AvgIpc) is 2.38. The van der Waals surface area contributed by atoms with Crippen LogP contribution in [0.3, 0.4) is 0 Å². The third kappa shape index (κ3) is 4.07. The summed E-state index contributed by atoms with van der Waals surface area (Å²) in [5.74, 6) is -8.19. The maximum atomic E-state index is 13.1. The third-order valence-corrected chi connectivity index (χ3v) is 2.61. The molecule has 0 aromatic heterocycles. The van der Waals surface area contributed by atoms with E-state index in [4.69, 9.17) is 11.5 Å². The zero-order valence-electron chi connectivity index (χ0n) is 10.7. The largest absolute Gasteiger partial charge is 0.398 e. The van der Waals surface area contributed by atoms with Gasteiger partial charge in [0.2, 0.25) is 5.91 Å². The maximum Gasteiger partial charge on any atom is 0.383 e. The van der Waals surface area contributed by atoms with E-state index in [1.807, 2.05) is 0 Å². The molecule has 0 saturated heterocycles. The zero-order chi connectivity index (χ0) is 16.2. The average molecular weight is 307 g/mol. The molecule has 4 N–H and O–H groups in total. The number of hydrogen-bond donors (Lipinski definition) is 2. The molecule has 1 rings (SSSR count). The van der Waals surface area contributed by atoms with Crippen LogP contribution in [0, 0.1) is 0 Å². The SMILES string of the molecule is NC(=O)CN(Cc1ccccc1N)C(=O)C(F)(F)C(F)F. The van der Waals surface area contributed by atoms with E-state index >= 15 is 0 Å². The number of benzene rings is 1. The molecule has 0 spiro atoms. The monoisotopic (exact) mass is 307 g/mol. The number of anilines is 1. The number of para-hydroxylation sites is 1. The first-order valence-corrected chi connectivity index (χ1v) is 5.73. The minimum Gasteiger partial charge on any atom is -0.398 e. The summed E-state index contributed by atoms with van der Waals surface area (Å²) in [5, 5.41) is 0. The molecule has 0 atom stereocenters. The molecule has 0 fully saturated rings. The Bertz CT molecular complexity index is 537. The van der Waals surface area contributed by atoms with Crippen LogP contribution in [0.5, 0.6) is 0 Å². The summed E-state index contributed by atoms with van der Waals surface area (Å²) in [6, 6.07) is 5.93. The molecule has 2 amide bonds. The Morgan fingerprint density at radius 3 is 2.29 bits per heavy atom. The van der Waals surface area contributed by atoms with E-state index in [1.165, 1.54) is 18.2 Å². The maximum absolute atomic E-state index is 13.1. The van der Waals surface area contributed by atoms with Crippen LogP contribution in [0.4, 0.5) is 23.2 Å². The predicted molar refractivity (Wildman–Crippen MR) is 66.4 cm³/mol. The van der Waals surface area contributed by atoms with E-state index in [9.17, 15) is 27.2 Å². The lowest BCUT2D eigenvalue weighted by atomic mass is 10.1. The Morgan fingerprint density at radius 2 is 1.81 bits per heavy atom. The smallest absolute Gasteiger partial charge is 0.383 e. The minimum atomic E-state index is -4.90. The molecule has 21 heavy (non-hydrogen) atoms. The van der Waals surface area contributed by atoms with E-state index in [0.29, 0.717) is 0 Å². The second-order valence-corrected chi connectivity index (χ2v) is 4.25. The molecule has 0 aliphatic heterocycles. The van der Waals surface area contributed by atoms with Gasteiger partial charge in [0.25, 0.3) is 5.91 Å². The van der Waals surface area contributed by atoms with Gasteiger partial charge in [-0.3, -0.25) is 9.59 Å². The van der Waals surface area contributed by atoms with Crippen LogP contribution in [0.1, 0.15) is 5.56 Å². The van der Waals surface area contributed by atoms with Crippen LogP contribution in [0.2, 0.25) is 0 Å². The summed E-state index contributed by atoms with van der Waals surface area (Å²) in [5.41, 5.74) is 10.8. The van der Waals surface area contributed by atoms with Gasteiger partial charge in [-0.2, -0.15) is 8.78 Å². The molecule has 0 saturated carbocycles.